The molecule has 0 bridgehead atoms. The molecule has 0 radical (unpaired) electrons. The van der Waals surface area contributed by atoms with Crippen LogP contribution in [0.25, 0.3) is 0 Å². The molecule has 104 valence electrons. The summed E-state index contributed by atoms with van der Waals surface area (Å²) < 4.78 is 11.0. The van der Waals surface area contributed by atoms with Crippen molar-refractivity contribution in [2.75, 3.05) is 18.9 Å². The SMILES string of the molecule is N=C(N)c1ccc(OCCOc2cccc(N)c2)cc1. The number of rotatable bonds is 6. The van der Waals surface area contributed by atoms with E-state index in [9.17, 15) is 0 Å². The summed E-state index contributed by atoms with van der Waals surface area (Å²) in [6.07, 6.45) is 0. The highest BCUT2D eigenvalue weighted by atomic mass is 16.5. The quantitative estimate of drug-likeness (QED) is 0.324. The van der Waals surface area contributed by atoms with E-state index in [0.29, 0.717) is 30.2 Å². The number of nitrogens with two attached hydrogens (primary N) is 2. The molecule has 5 nitrogen and oxygen atoms in total. The lowest BCUT2D eigenvalue weighted by molar-refractivity contribution is 0.217. The Balaban J connectivity index is 1.77. The molecule has 0 unspecified atom stereocenters. The van der Waals surface area contributed by atoms with Crippen LogP contribution < -0.4 is 20.9 Å². The fourth-order valence-electron chi connectivity index (χ4n) is 1.65. The van der Waals surface area contributed by atoms with E-state index < -0.39 is 0 Å². The maximum absolute atomic E-state index is 7.29. The second-order valence-electron chi connectivity index (χ2n) is 4.21. The Hall–Kier alpha value is -2.69. The Morgan fingerprint density at radius 2 is 1.60 bits per heavy atom. The smallest absolute Gasteiger partial charge is 0.122 e. The van der Waals surface area contributed by atoms with Crippen molar-refractivity contribution in [3.8, 4) is 11.5 Å². The van der Waals surface area contributed by atoms with E-state index in [1.165, 1.54) is 0 Å². The molecule has 0 amide bonds. The van der Waals surface area contributed by atoms with Crippen LogP contribution in [0.5, 0.6) is 11.5 Å². The lowest BCUT2D eigenvalue weighted by Gasteiger charge is -2.09. The summed E-state index contributed by atoms with van der Waals surface area (Å²) in [4.78, 5) is 0. The van der Waals surface area contributed by atoms with Gasteiger partial charge in [-0.2, -0.15) is 0 Å². The predicted octanol–water partition coefficient (Wildman–Crippen LogP) is 2.01. The van der Waals surface area contributed by atoms with E-state index in [0.717, 1.165) is 5.75 Å². The van der Waals surface area contributed by atoms with Gasteiger partial charge >= 0.3 is 0 Å². The molecular formula is C15H17N3O2. The number of nitrogen functional groups attached to an aromatic ring is 2. The van der Waals surface area contributed by atoms with Crippen molar-refractivity contribution in [1.29, 1.82) is 5.41 Å². The van der Waals surface area contributed by atoms with E-state index in [1.807, 2.05) is 12.1 Å². The van der Waals surface area contributed by atoms with Crippen LogP contribution in [0.15, 0.2) is 48.5 Å². The third-order valence-electron chi connectivity index (χ3n) is 2.64. The summed E-state index contributed by atoms with van der Waals surface area (Å²) in [5.41, 5.74) is 12.4. The van der Waals surface area contributed by atoms with Crippen molar-refractivity contribution in [1.82, 2.24) is 0 Å². The van der Waals surface area contributed by atoms with Gasteiger partial charge in [0.25, 0.3) is 0 Å². The average Bonchev–Trinajstić information content (AvgIpc) is 2.44. The molecule has 0 saturated carbocycles. The second kappa shape index (κ2) is 6.47. The van der Waals surface area contributed by atoms with Gasteiger partial charge in [-0.3, -0.25) is 5.41 Å². The van der Waals surface area contributed by atoms with Crippen LogP contribution in [0.4, 0.5) is 5.69 Å². The molecule has 2 aromatic rings. The van der Waals surface area contributed by atoms with Crippen LogP contribution in [-0.4, -0.2) is 19.0 Å². The monoisotopic (exact) mass is 271 g/mol. The number of ether oxygens (including phenoxy) is 2. The Kier molecular flexibility index (Phi) is 4.44. The lowest BCUT2D eigenvalue weighted by Crippen LogP contribution is -2.11. The van der Waals surface area contributed by atoms with E-state index in [4.69, 9.17) is 26.4 Å². The molecular weight excluding hydrogens is 254 g/mol. The molecule has 0 fully saturated rings. The van der Waals surface area contributed by atoms with Crippen LogP contribution in [0.2, 0.25) is 0 Å². The maximum atomic E-state index is 7.29. The van der Waals surface area contributed by atoms with Crippen molar-refractivity contribution in [3.05, 3.63) is 54.1 Å². The minimum atomic E-state index is 0.0431. The first-order valence-corrected chi connectivity index (χ1v) is 6.21. The van der Waals surface area contributed by atoms with Crippen LogP contribution >= 0.6 is 0 Å². The molecule has 2 aromatic carbocycles. The standard InChI is InChI=1S/C15H17N3O2/c16-12-2-1-3-14(10-12)20-9-8-19-13-6-4-11(5-7-13)15(17)18/h1-7,10H,8-9,16H2,(H3,17,18). The summed E-state index contributed by atoms with van der Waals surface area (Å²) in [5, 5.41) is 7.29. The molecule has 0 atom stereocenters. The number of nitrogens with one attached hydrogen (secondary N) is 1. The topological polar surface area (TPSA) is 94.4 Å². The van der Waals surface area contributed by atoms with E-state index in [-0.39, 0.29) is 5.84 Å². The zero-order chi connectivity index (χ0) is 14.4. The average molecular weight is 271 g/mol. The van der Waals surface area contributed by atoms with Crippen LogP contribution in [0, 0.1) is 5.41 Å². The van der Waals surface area contributed by atoms with Gasteiger partial charge in [0, 0.05) is 17.3 Å². The molecule has 2 rings (SSSR count). The van der Waals surface area contributed by atoms with Gasteiger partial charge < -0.3 is 20.9 Å². The van der Waals surface area contributed by atoms with Gasteiger partial charge in [-0.1, -0.05) is 6.07 Å². The normalized spacial score (nSPS) is 10.0. The first-order valence-electron chi connectivity index (χ1n) is 6.21. The van der Waals surface area contributed by atoms with Crippen molar-refractivity contribution < 1.29 is 9.47 Å². The fraction of sp³-hybridized carbons (Fsp3) is 0.133. The lowest BCUT2D eigenvalue weighted by atomic mass is 10.2. The molecule has 0 aliphatic rings. The first-order chi connectivity index (χ1) is 9.65. The molecule has 20 heavy (non-hydrogen) atoms. The Bertz CT molecular complexity index is 582. The maximum Gasteiger partial charge on any atom is 0.122 e. The molecule has 0 heterocycles. The van der Waals surface area contributed by atoms with Crippen molar-refractivity contribution in [2.45, 2.75) is 0 Å². The summed E-state index contributed by atoms with van der Waals surface area (Å²) in [5.74, 6) is 1.48. The van der Waals surface area contributed by atoms with Crippen LogP contribution in [0.3, 0.4) is 0 Å². The predicted molar refractivity (Wildman–Crippen MR) is 79.3 cm³/mol. The molecule has 0 spiro atoms. The van der Waals surface area contributed by atoms with Gasteiger partial charge in [0.15, 0.2) is 0 Å². The molecule has 5 N–H and O–H groups in total. The third-order valence-corrected chi connectivity index (χ3v) is 2.64. The van der Waals surface area contributed by atoms with Crippen LogP contribution in [-0.2, 0) is 0 Å². The largest absolute Gasteiger partial charge is 0.490 e. The summed E-state index contributed by atoms with van der Waals surface area (Å²) in [6.45, 7) is 0.853. The van der Waals surface area contributed by atoms with E-state index >= 15 is 0 Å². The van der Waals surface area contributed by atoms with E-state index in [1.54, 1.807) is 36.4 Å². The minimum absolute atomic E-state index is 0.0431. The highest BCUT2D eigenvalue weighted by Gasteiger charge is 1.98. The second-order valence-corrected chi connectivity index (χ2v) is 4.21. The summed E-state index contributed by atoms with van der Waals surface area (Å²) in [7, 11) is 0. The molecule has 0 aliphatic heterocycles. The molecule has 0 aliphatic carbocycles. The van der Waals surface area contributed by atoms with Gasteiger partial charge in [0.1, 0.15) is 30.5 Å². The Morgan fingerprint density at radius 3 is 2.20 bits per heavy atom. The number of benzene rings is 2. The Morgan fingerprint density at radius 1 is 0.950 bits per heavy atom. The molecule has 5 heteroatoms. The van der Waals surface area contributed by atoms with Gasteiger partial charge in [-0.05, 0) is 36.4 Å². The highest BCUT2D eigenvalue weighted by Crippen LogP contribution is 2.15. The Labute approximate surface area is 117 Å². The van der Waals surface area contributed by atoms with Crippen molar-refractivity contribution >= 4 is 11.5 Å². The fourth-order valence-corrected chi connectivity index (χ4v) is 1.65. The van der Waals surface area contributed by atoms with Crippen molar-refractivity contribution in [2.24, 2.45) is 5.73 Å². The van der Waals surface area contributed by atoms with Gasteiger partial charge in [-0.25, -0.2) is 0 Å². The number of hydrogen-bond acceptors (Lipinski definition) is 4. The summed E-state index contributed by atoms with van der Waals surface area (Å²) in [6, 6.07) is 14.3. The highest BCUT2D eigenvalue weighted by molar-refractivity contribution is 5.94. The summed E-state index contributed by atoms with van der Waals surface area (Å²) >= 11 is 0. The van der Waals surface area contributed by atoms with Gasteiger partial charge in [0.05, 0.1) is 0 Å². The number of anilines is 1. The third kappa shape index (κ3) is 3.91. The van der Waals surface area contributed by atoms with Crippen LogP contribution in [0.1, 0.15) is 5.56 Å². The van der Waals surface area contributed by atoms with Crippen molar-refractivity contribution in [3.63, 3.8) is 0 Å². The number of hydrogen-bond donors (Lipinski definition) is 3. The van der Waals surface area contributed by atoms with Gasteiger partial charge in [-0.15, -0.1) is 0 Å². The van der Waals surface area contributed by atoms with E-state index in [2.05, 4.69) is 0 Å². The zero-order valence-electron chi connectivity index (χ0n) is 11.0. The minimum Gasteiger partial charge on any atom is -0.490 e. The van der Waals surface area contributed by atoms with Gasteiger partial charge in [0.2, 0.25) is 0 Å². The molecule has 0 saturated heterocycles. The number of amidine groups is 1. The zero-order valence-corrected chi connectivity index (χ0v) is 11.0. The molecule has 0 aromatic heterocycles. The first kappa shape index (κ1) is 13.7.